The van der Waals surface area contributed by atoms with Crippen LogP contribution in [0.15, 0.2) is 36.8 Å². The van der Waals surface area contributed by atoms with E-state index in [0.29, 0.717) is 40.8 Å². The number of nitrogens with one attached hydrogen (secondary N) is 1. The molecule has 0 spiro atoms. The van der Waals surface area contributed by atoms with E-state index in [1.54, 1.807) is 11.0 Å². The van der Waals surface area contributed by atoms with E-state index in [1.807, 2.05) is 24.4 Å². The van der Waals surface area contributed by atoms with Crippen LogP contribution in [-0.2, 0) is 12.8 Å². The lowest BCUT2D eigenvalue weighted by molar-refractivity contribution is 0.317. The molecule has 166 valence electrons. The van der Waals surface area contributed by atoms with E-state index in [9.17, 15) is 0 Å². The average Bonchev–Trinajstić information content (AvgIpc) is 3.22. The molecule has 0 bridgehead atoms. The summed E-state index contributed by atoms with van der Waals surface area (Å²) in [7, 11) is 0. The van der Waals surface area contributed by atoms with Gasteiger partial charge in [-0.15, -0.1) is 5.10 Å². The lowest BCUT2D eigenvalue weighted by atomic mass is 10.0. The van der Waals surface area contributed by atoms with Crippen LogP contribution < -0.4 is 10.1 Å². The first-order chi connectivity index (χ1) is 15.0. The van der Waals surface area contributed by atoms with Gasteiger partial charge in [-0.1, -0.05) is 62.9 Å². The zero-order valence-electron chi connectivity index (χ0n) is 18.2. The van der Waals surface area contributed by atoms with Crippen molar-refractivity contribution in [1.82, 2.24) is 19.7 Å². The van der Waals surface area contributed by atoms with Gasteiger partial charge in [-0.3, -0.25) is 0 Å². The van der Waals surface area contributed by atoms with E-state index >= 15 is 0 Å². The number of ether oxygens (including phenoxy) is 1. The summed E-state index contributed by atoms with van der Waals surface area (Å²) < 4.78 is 7.49. The molecule has 0 radical (unpaired) electrons. The van der Waals surface area contributed by atoms with Crippen molar-refractivity contribution in [2.24, 2.45) is 5.92 Å². The largest absolute Gasteiger partial charge is 0.475 e. The summed E-state index contributed by atoms with van der Waals surface area (Å²) in [6, 6.07) is 7.88. The number of hydrogen-bond acceptors (Lipinski definition) is 5. The van der Waals surface area contributed by atoms with Gasteiger partial charge < -0.3 is 10.1 Å². The van der Waals surface area contributed by atoms with Crippen molar-refractivity contribution >= 4 is 29.0 Å². The standard InChI is InChI=1S/C23H29Cl2N5O/c1-4-6-17-7-8-20(18(24)14-17)30-11-9-21(29-30)31-12-10-26-23-22(25)19(27-15-28-23)13-16(3)5-2/h7-9,11,14-16H,4-6,10,12-13H2,1-3H3,(H,26,27,28). The molecule has 0 fully saturated rings. The van der Waals surface area contributed by atoms with Gasteiger partial charge in [0.15, 0.2) is 0 Å². The third-order valence-electron chi connectivity index (χ3n) is 5.11. The van der Waals surface area contributed by atoms with Crippen molar-refractivity contribution in [3.63, 3.8) is 0 Å². The van der Waals surface area contributed by atoms with Crippen molar-refractivity contribution < 1.29 is 4.74 Å². The molecule has 31 heavy (non-hydrogen) atoms. The number of aryl methyl sites for hydroxylation is 1. The molecule has 1 atom stereocenters. The SMILES string of the molecule is CCCc1ccc(-n2ccc(OCCNc3ncnc(CC(C)CC)c3Cl)n2)c(Cl)c1. The first kappa shape index (κ1) is 23.4. The zero-order chi connectivity index (χ0) is 22.2. The smallest absolute Gasteiger partial charge is 0.233 e. The topological polar surface area (TPSA) is 64.9 Å². The Morgan fingerprint density at radius 1 is 1.16 bits per heavy atom. The number of nitrogens with zero attached hydrogens (tertiary/aromatic N) is 4. The summed E-state index contributed by atoms with van der Waals surface area (Å²) in [5.74, 6) is 1.68. The maximum absolute atomic E-state index is 6.47. The molecule has 8 heteroatoms. The fraction of sp³-hybridized carbons (Fsp3) is 0.435. The Hall–Kier alpha value is -2.31. The lowest BCUT2D eigenvalue weighted by Crippen LogP contribution is -2.14. The molecule has 3 aromatic rings. The maximum Gasteiger partial charge on any atom is 0.233 e. The molecule has 0 aliphatic heterocycles. The van der Waals surface area contributed by atoms with Gasteiger partial charge in [-0.05, 0) is 36.5 Å². The average molecular weight is 462 g/mol. The van der Waals surface area contributed by atoms with E-state index in [-0.39, 0.29) is 0 Å². The molecule has 0 aliphatic carbocycles. The Labute approximate surface area is 194 Å². The summed E-state index contributed by atoms with van der Waals surface area (Å²) >= 11 is 12.9. The van der Waals surface area contributed by atoms with Gasteiger partial charge >= 0.3 is 0 Å². The molecule has 3 rings (SSSR count). The molecule has 0 amide bonds. The molecule has 0 saturated heterocycles. The van der Waals surface area contributed by atoms with Crippen molar-refractivity contribution in [3.8, 4) is 11.6 Å². The highest BCUT2D eigenvalue weighted by atomic mass is 35.5. The first-order valence-electron chi connectivity index (χ1n) is 10.7. The van der Waals surface area contributed by atoms with Crippen LogP contribution in [0.2, 0.25) is 10.0 Å². The van der Waals surface area contributed by atoms with Crippen molar-refractivity contribution in [2.75, 3.05) is 18.5 Å². The van der Waals surface area contributed by atoms with Crippen LogP contribution in [0, 0.1) is 5.92 Å². The van der Waals surface area contributed by atoms with Crippen LogP contribution in [0.3, 0.4) is 0 Å². The minimum Gasteiger partial charge on any atom is -0.475 e. The van der Waals surface area contributed by atoms with E-state index in [1.165, 1.54) is 5.56 Å². The van der Waals surface area contributed by atoms with Gasteiger partial charge in [-0.25, -0.2) is 14.6 Å². The maximum atomic E-state index is 6.47. The van der Waals surface area contributed by atoms with E-state index in [2.05, 4.69) is 47.2 Å². The summed E-state index contributed by atoms with van der Waals surface area (Å²) in [5, 5.41) is 8.93. The fourth-order valence-electron chi connectivity index (χ4n) is 3.17. The minimum absolute atomic E-state index is 0.418. The Morgan fingerprint density at radius 3 is 2.74 bits per heavy atom. The number of halogens is 2. The highest BCUT2D eigenvalue weighted by molar-refractivity contribution is 6.33. The lowest BCUT2D eigenvalue weighted by Gasteiger charge is -2.12. The van der Waals surface area contributed by atoms with E-state index < -0.39 is 0 Å². The Kier molecular flexibility index (Phi) is 8.55. The molecule has 0 aliphatic rings. The molecule has 6 nitrogen and oxygen atoms in total. The van der Waals surface area contributed by atoms with E-state index in [0.717, 1.165) is 37.1 Å². The molecule has 1 N–H and O–H groups in total. The number of aromatic nitrogens is 4. The van der Waals surface area contributed by atoms with Crippen LogP contribution in [0.5, 0.6) is 5.88 Å². The fourth-order valence-corrected chi connectivity index (χ4v) is 3.70. The molecular formula is C23H29Cl2N5O. The number of rotatable bonds is 11. The number of benzene rings is 1. The highest BCUT2D eigenvalue weighted by Gasteiger charge is 2.12. The Balaban J connectivity index is 1.54. The van der Waals surface area contributed by atoms with Gasteiger partial charge in [0.25, 0.3) is 0 Å². The minimum atomic E-state index is 0.418. The molecule has 0 saturated carbocycles. The second kappa shape index (κ2) is 11.3. The van der Waals surface area contributed by atoms with Gasteiger partial charge in [0.05, 0.1) is 22.9 Å². The second-order valence-electron chi connectivity index (χ2n) is 7.61. The molecule has 1 aromatic carbocycles. The first-order valence-corrected chi connectivity index (χ1v) is 11.5. The van der Waals surface area contributed by atoms with Crippen LogP contribution in [0.4, 0.5) is 5.82 Å². The predicted octanol–water partition coefficient (Wildman–Crippen LogP) is 6.00. The van der Waals surface area contributed by atoms with Gasteiger partial charge in [0, 0.05) is 12.3 Å². The monoisotopic (exact) mass is 461 g/mol. The van der Waals surface area contributed by atoms with Crippen LogP contribution in [0.1, 0.15) is 44.9 Å². The second-order valence-corrected chi connectivity index (χ2v) is 8.40. The summed E-state index contributed by atoms with van der Waals surface area (Å²) in [4.78, 5) is 8.57. The Morgan fingerprint density at radius 2 is 2.00 bits per heavy atom. The van der Waals surface area contributed by atoms with E-state index in [4.69, 9.17) is 27.9 Å². The molecule has 1 unspecified atom stereocenters. The highest BCUT2D eigenvalue weighted by Crippen LogP contribution is 2.25. The van der Waals surface area contributed by atoms with Crippen LogP contribution >= 0.6 is 23.2 Å². The summed E-state index contributed by atoms with van der Waals surface area (Å²) in [6.07, 6.45) is 7.40. The third kappa shape index (κ3) is 6.34. The van der Waals surface area contributed by atoms with Gasteiger partial charge in [0.2, 0.25) is 5.88 Å². The summed E-state index contributed by atoms with van der Waals surface area (Å²) in [6.45, 7) is 7.45. The van der Waals surface area contributed by atoms with Crippen molar-refractivity contribution in [3.05, 3.63) is 58.1 Å². The van der Waals surface area contributed by atoms with Crippen LogP contribution in [-0.4, -0.2) is 32.9 Å². The van der Waals surface area contributed by atoms with Gasteiger partial charge in [-0.2, -0.15) is 0 Å². The third-order valence-corrected chi connectivity index (χ3v) is 5.81. The zero-order valence-corrected chi connectivity index (χ0v) is 19.7. The van der Waals surface area contributed by atoms with Crippen molar-refractivity contribution in [1.29, 1.82) is 0 Å². The molecular weight excluding hydrogens is 433 g/mol. The summed E-state index contributed by atoms with van der Waals surface area (Å²) in [5.41, 5.74) is 2.92. The van der Waals surface area contributed by atoms with Crippen molar-refractivity contribution in [2.45, 2.75) is 46.5 Å². The normalized spacial score (nSPS) is 12.0. The quantitative estimate of drug-likeness (QED) is 0.354. The predicted molar refractivity (Wildman–Crippen MR) is 127 cm³/mol. The van der Waals surface area contributed by atoms with Crippen LogP contribution in [0.25, 0.3) is 5.69 Å². The number of anilines is 1. The van der Waals surface area contributed by atoms with Gasteiger partial charge in [0.1, 0.15) is 23.8 Å². The Bertz CT molecular complexity index is 992. The molecule has 2 aromatic heterocycles. The number of hydrogen-bond donors (Lipinski definition) is 1. The molecule has 2 heterocycles.